The van der Waals surface area contributed by atoms with Gasteiger partial charge in [-0.15, -0.1) is 0 Å². The van der Waals surface area contributed by atoms with E-state index >= 15 is 0 Å². The van der Waals surface area contributed by atoms with E-state index in [2.05, 4.69) is 18.7 Å². The standard InChI is InChI=1S/C15H28N2O2/c1-3-14(2)7-9-17(10-8-14)12-5-4-6-15(16,11-12)13(18)19/h12H,3-11,16H2,1-2H3,(H,18,19). The highest BCUT2D eigenvalue weighted by atomic mass is 16.4. The number of hydrogen-bond donors (Lipinski definition) is 2. The molecule has 2 rings (SSSR count). The van der Waals surface area contributed by atoms with Crippen LogP contribution in [0.1, 0.15) is 58.8 Å². The normalized spacial score (nSPS) is 36.1. The minimum Gasteiger partial charge on any atom is -0.480 e. The highest BCUT2D eigenvalue weighted by Crippen LogP contribution is 2.37. The topological polar surface area (TPSA) is 66.6 Å². The first-order valence-electron chi connectivity index (χ1n) is 7.65. The summed E-state index contributed by atoms with van der Waals surface area (Å²) in [6, 6.07) is 0.372. The van der Waals surface area contributed by atoms with E-state index in [-0.39, 0.29) is 0 Å². The van der Waals surface area contributed by atoms with Gasteiger partial charge in [0, 0.05) is 6.04 Å². The molecule has 1 aliphatic heterocycles. The first-order chi connectivity index (χ1) is 8.88. The molecule has 19 heavy (non-hydrogen) atoms. The van der Waals surface area contributed by atoms with Crippen molar-refractivity contribution in [2.45, 2.75) is 70.4 Å². The third-order valence-corrected chi connectivity index (χ3v) is 5.56. The molecule has 2 fully saturated rings. The summed E-state index contributed by atoms with van der Waals surface area (Å²) in [5.41, 5.74) is 5.54. The quantitative estimate of drug-likeness (QED) is 0.823. The highest BCUT2D eigenvalue weighted by Gasteiger charge is 2.42. The van der Waals surface area contributed by atoms with Gasteiger partial charge >= 0.3 is 5.97 Å². The van der Waals surface area contributed by atoms with Crippen molar-refractivity contribution < 1.29 is 9.90 Å². The largest absolute Gasteiger partial charge is 0.480 e. The molecule has 4 nitrogen and oxygen atoms in total. The molecule has 2 aliphatic rings. The fourth-order valence-electron chi connectivity index (χ4n) is 3.57. The predicted octanol–water partition coefficient (Wildman–Crippen LogP) is 2.22. The van der Waals surface area contributed by atoms with Crippen molar-refractivity contribution in [1.82, 2.24) is 4.90 Å². The Morgan fingerprint density at radius 1 is 1.37 bits per heavy atom. The summed E-state index contributed by atoms with van der Waals surface area (Å²) in [6.45, 7) is 6.84. The van der Waals surface area contributed by atoms with Crippen LogP contribution in [0.5, 0.6) is 0 Å². The first kappa shape index (κ1) is 14.8. The van der Waals surface area contributed by atoms with E-state index in [4.69, 9.17) is 5.73 Å². The molecule has 0 aromatic rings. The molecule has 110 valence electrons. The van der Waals surface area contributed by atoms with E-state index < -0.39 is 11.5 Å². The minimum absolute atomic E-state index is 0.372. The number of carboxylic acids is 1. The van der Waals surface area contributed by atoms with Crippen LogP contribution in [0.15, 0.2) is 0 Å². The zero-order chi connectivity index (χ0) is 14.1. The van der Waals surface area contributed by atoms with Gasteiger partial charge in [-0.05, 0) is 57.0 Å². The molecule has 3 N–H and O–H groups in total. The summed E-state index contributed by atoms with van der Waals surface area (Å²) in [5.74, 6) is -0.826. The number of piperidine rings is 1. The molecule has 0 aromatic carbocycles. The van der Waals surface area contributed by atoms with Gasteiger partial charge in [0.25, 0.3) is 0 Å². The van der Waals surface area contributed by atoms with E-state index in [0.717, 1.165) is 25.9 Å². The predicted molar refractivity (Wildman–Crippen MR) is 76.0 cm³/mol. The average molecular weight is 268 g/mol. The fourth-order valence-corrected chi connectivity index (χ4v) is 3.57. The van der Waals surface area contributed by atoms with Crippen LogP contribution in [0.25, 0.3) is 0 Å². The van der Waals surface area contributed by atoms with E-state index in [9.17, 15) is 9.90 Å². The summed E-state index contributed by atoms with van der Waals surface area (Å²) in [5, 5.41) is 9.29. The maximum absolute atomic E-state index is 11.3. The molecule has 0 amide bonds. The molecular formula is C15H28N2O2. The molecule has 0 radical (unpaired) electrons. The van der Waals surface area contributed by atoms with Crippen LogP contribution in [-0.4, -0.2) is 40.6 Å². The third kappa shape index (κ3) is 3.11. The molecule has 1 heterocycles. The Labute approximate surface area is 116 Å². The Morgan fingerprint density at radius 2 is 2.00 bits per heavy atom. The summed E-state index contributed by atoms with van der Waals surface area (Å²) in [6.07, 6.45) is 6.98. The number of likely N-dealkylation sites (tertiary alicyclic amines) is 1. The Hall–Kier alpha value is -0.610. The Kier molecular flexibility index (Phi) is 4.21. The number of nitrogens with zero attached hydrogens (tertiary/aromatic N) is 1. The number of aliphatic carboxylic acids is 1. The number of hydrogen-bond acceptors (Lipinski definition) is 3. The van der Waals surface area contributed by atoms with Crippen LogP contribution < -0.4 is 5.73 Å². The molecule has 2 atom stereocenters. The lowest BCUT2D eigenvalue weighted by atomic mass is 9.75. The summed E-state index contributed by atoms with van der Waals surface area (Å²) in [4.78, 5) is 13.8. The van der Waals surface area contributed by atoms with Crippen molar-refractivity contribution in [2.24, 2.45) is 11.1 Å². The van der Waals surface area contributed by atoms with Crippen LogP contribution in [0.4, 0.5) is 0 Å². The monoisotopic (exact) mass is 268 g/mol. The number of carbonyl (C=O) groups is 1. The molecule has 1 aliphatic carbocycles. The van der Waals surface area contributed by atoms with E-state index in [0.29, 0.717) is 24.3 Å². The Balaban J connectivity index is 1.95. The minimum atomic E-state index is -0.992. The van der Waals surface area contributed by atoms with Gasteiger partial charge in [0.05, 0.1) is 0 Å². The second-order valence-corrected chi connectivity index (χ2v) is 6.91. The number of carboxylic acid groups (broad SMARTS) is 1. The molecule has 2 unspecified atom stereocenters. The molecule has 1 saturated heterocycles. The van der Waals surface area contributed by atoms with Crippen LogP contribution in [0, 0.1) is 5.41 Å². The van der Waals surface area contributed by atoms with Crippen LogP contribution in [0.3, 0.4) is 0 Å². The van der Waals surface area contributed by atoms with E-state index in [1.807, 2.05) is 0 Å². The van der Waals surface area contributed by atoms with E-state index in [1.54, 1.807) is 0 Å². The molecule has 1 saturated carbocycles. The lowest BCUT2D eigenvalue weighted by Crippen LogP contribution is -2.57. The lowest BCUT2D eigenvalue weighted by molar-refractivity contribution is -0.145. The van der Waals surface area contributed by atoms with Gasteiger partial charge < -0.3 is 15.7 Å². The van der Waals surface area contributed by atoms with Crippen molar-refractivity contribution in [3.05, 3.63) is 0 Å². The summed E-state index contributed by atoms with van der Waals surface area (Å²) >= 11 is 0. The van der Waals surface area contributed by atoms with Gasteiger partial charge in [-0.2, -0.15) is 0 Å². The number of rotatable bonds is 3. The molecule has 0 aromatic heterocycles. The second kappa shape index (κ2) is 5.41. The van der Waals surface area contributed by atoms with Crippen LogP contribution in [-0.2, 0) is 4.79 Å². The van der Waals surface area contributed by atoms with Crippen LogP contribution in [0.2, 0.25) is 0 Å². The van der Waals surface area contributed by atoms with Crippen molar-refractivity contribution >= 4 is 5.97 Å². The molecule has 0 bridgehead atoms. The van der Waals surface area contributed by atoms with Crippen LogP contribution >= 0.6 is 0 Å². The zero-order valence-electron chi connectivity index (χ0n) is 12.3. The lowest BCUT2D eigenvalue weighted by Gasteiger charge is -2.46. The third-order valence-electron chi connectivity index (χ3n) is 5.56. The smallest absolute Gasteiger partial charge is 0.323 e. The Bertz CT molecular complexity index is 337. The zero-order valence-corrected chi connectivity index (χ0v) is 12.3. The highest BCUT2D eigenvalue weighted by molar-refractivity contribution is 5.78. The summed E-state index contributed by atoms with van der Waals surface area (Å²) < 4.78 is 0. The van der Waals surface area contributed by atoms with Crippen molar-refractivity contribution in [3.8, 4) is 0 Å². The SMILES string of the molecule is CCC1(C)CCN(C2CCCC(N)(C(=O)O)C2)CC1. The average Bonchev–Trinajstić information content (AvgIpc) is 2.39. The molecule has 4 heteroatoms. The van der Waals surface area contributed by atoms with Gasteiger partial charge in [0.1, 0.15) is 5.54 Å². The maximum Gasteiger partial charge on any atom is 0.323 e. The molecule has 0 spiro atoms. The van der Waals surface area contributed by atoms with Gasteiger partial charge in [-0.1, -0.05) is 20.3 Å². The fraction of sp³-hybridized carbons (Fsp3) is 0.933. The van der Waals surface area contributed by atoms with Gasteiger partial charge in [-0.3, -0.25) is 4.79 Å². The van der Waals surface area contributed by atoms with Crippen molar-refractivity contribution in [3.63, 3.8) is 0 Å². The van der Waals surface area contributed by atoms with Crippen molar-refractivity contribution in [1.29, 1.82) is 0 Å². The molecular weight excluding hydrogens is 240 g/mol. The first-order valence-corrected chi connectivity index (χ1v) is 7.65. The van der Waals surface area contributed by atoms with Gasteiger partial charge in [-0.25, -0.2) is 0 Å². The number of nitrogens with two attached hydrogens (primary N) is 1. The van der Waals surface area contributed by atoms with Gasteiger partial charge in [0.15, 0.2) is 0 Å². The summed E-state index contributed by atoms with van der Waals surface area (Å²) in [7, 11) is 0. The van der Waals surface area contributed by atoms with Gasteiger partial charge in [0.2, 0.25) is 0 Å². The van der Waals surface area contributed by atoms with E-state index in [1.165, 1.54) is 19.3 Å². The van der Waals surface area contributed by atoms with Crippen molar-refractivity contribution in [2.75, 3.05) is 13.1 Å². The Morgan fingerprint density at radius 3 is 2.53 bits per heavy atom. The maximum atomic E-state index is 11.3. The second-order valence-electron chi connectivity index (χ2n) is 6.91.